The molecule has 0 aliphatic heterocycles. The van der Waals surface area contributed by atoms with Gasteiger partial charge in [-0.1, -0.05) is 22.9 Å². The Kier molecular flexibility index (Phi) is 2.46. The molecule has 5 heteroatoms. The number of hydrogen-bond acceptors (Lipinski definition) is 3. The fourth-order valence-corrected chi connectivity index (χ4v) is 2.90. The van der Waals surface area contributed by atoms with Crippen LogP contribution in [0.15, 0.2) is 36.5 Å². The highest BCUT2D eigenvalue weighted by Gasteiger charge is 2.08. The van der Waals surface area contributed by atoms with Crippen LogP contribution in [-0.2, 0) is 0 Å². The molecule has 0 amide bonds. The van der Waals surface area contributed by atoms with Crippen molar-refractivity contribution in [2.24, 2.45) is 0 Å². The first-order valence-electron chi connectivity index (χ1n) is 4.97. The van der Waals surface area contributed by atoms with E-state index < -0.39 is 0 Å². The van der Waals surface area contributed by atoms with E-state index in [9.17, 15) is 4.79 Å². The molecule has 84 valence electrons. The van der Waals surface area contributed by atoms with Gasteiger partial charge in [-0.05, 0) is 30.3 Å². The maximum Gasteiger partial charge on any atom is 0.195 e. The van der Waals surface area contributed by atoms with Crippen LogP contribution in [0.4, 0.5) is 0 Å². The van der Waals surface area contributed by atoms with Crippen molar-refractivity contribution >= 4 is 39.4 Å². The molecule has 0 atom stereocenters. The number of carbonyl (C=O) groups excluding carboxylic acids is 1. The zero-order valence-corrected chi connectivity index (χ0v) is 10.2. The Hall–Kier alpha value is -1.65. The van der Waals surface area contributed by atoms with Gasteiger partial charge in [0, 0.05) is 11.2 Å². The predicted molar refractivity (Wildman–Crippen MR) is 69.3 cm³/mol. The molecule has 2 heterocycles. The summed E-state index contributed by atoms with van der Waals surface area (Å²) in [5.74, 6) is 0. The van der Waals surface area contributed by atoms with Crippen molar-refractivity contribution in [3.63, 3.8) is 0 Å². The number of carbonyl (C=O) groups is 1. The smallest absolute Gasteiger partial charge is 0.195 e. The number of hydrogen-bond donors (Lipinski definition) is 0. The van der Waals surface area contributed by atoms with Crippen molar-refractivity contribution in [2.75, 3.05) is 0 Å². The molecular formula is C12H7ClN2OS. The van der Waals surface area contributed by atoms with Gasteiger partial charge in [0.25, 0.3) is 0 Å². The monoisotopic (exact) mass is 262 g/mol. The van der Waals surface area contributed by atoms with E-state index in [2.05, 4.69) is 4.98 Å². The fourth-order valence-electron chi connectivity index (χ4n) is 1.65. The van der Waals surface area contributed by atoms with Crippen LogP contribution in [-0.4, -0.2) is 15.8 Å². The molecule has 0 radical (unpaired) electrons. The maximum atomic E-state index is 10.9. The molecule has 3 nitrogen and oxygen atoms in total. The van der Waals surface area contributed by atoms with Gasteiger partial charge in [-0.3, -0.25) is 9.36 Å². The van der Waals surface area contributed by atoms with Crippen LogP contribution < -0.4 is 0 Å². The lowest BCUT2D eigenvalue weighted by atomic mass is 10.3. The lowest BCUT2D eigenvalue weighted by molar-refractivity contribution is 0.111. The van der Waals surface area contributed by atoms with E-state index in [4.69, 9.17) is 11.6 Å². The largest absolute Gasteiger partial charge is 0.296 e. The van der Waals surface area contributed by atoms with Gasteiger partial charge in [0.2, 0.25) is 0 Å². The number of rotatable bonds is 2. The van der Waals surface area contributed by atoms with Crippen molar-refractivity contribution in [3.05, 3.63) is 47.2 Å². The highest BCUT2D eigenvalue weighted by atomic mass is 35.5. The summed E-state index contributed by atoms with van der Waals surface area (Å²) in [7, 11) is 0. The van der Waals surface area contributed by atoms with Crippen molar-refractivity contribution < 1.29 is 4.79 Å². The molecular weight excluding hydrogens is 256 g/mol. The Morgan fingerprint density at radius 2 is 2.24 bits per heavy atom. The van der Waals surface area contributed by atoms with Crippen molar-refractivity contribution in [1.29, 1.82) is 0 Å². The van der Waals surface area contributed by atoms with Crippen LogP contribution in [0, 0.1) is 0 Å². The summed E-state index contributed by atoms with van der Waals surface area (Å²) in [5.41, 5.74) is 1.48. The molecule has 0 spiro atoms. The third-order valence-corrected chi connectivity index (χ3v) is 3.70. The van der Waals surface area contributed by atoms with Gasteiger partial charge in [0.1, 0.15) is 0 Å². The molecule has 3 rings (SSSR count). The van der Waals surface area contributed by atoms with E-state index in [1.165, 1.54) is 11.3 Å². The number of nitrogens with zero attached hydrogens (tertiary/aromatic N) is 2. The zero-order chi connectivity index (χ0) is 11.8. The third kappa shape index (κ3) is 1.75. The average molecular weight is 263 g/mol. The second-order valence-corrected chi connectivity index (χ2v) is 4.97. The number of aldehydes is 1. The van der Waals surface area contributed by atoms with Crippen LogP contribution in [0.3, 0.4) is 0 Å². The van der Waals surface area contributed by atoms with Crippen LogP contribution in [0.2, 0.25) is 5.02 Å². The first kappa shape index (κ1) is 10.5. The number of benzene rings is 1. The first-order chi connectivity index (χ1) is 8.28. The van der Waals surface area contributed by atoms with Crippen LogP contribution in [0.25, 0.3) is 15.3 Å². The van der Waals surface area contributed by atoms with E-state index in [1.54, 1.807) is 10.6 Å². The third-order valence-electron chi connectivity index (χ3n) is 2.45. The highest BCUT2D eigenvalue weighted by Crippen LogP contribution is 2.28. The molecule has 0 saturated heterocycles. The highest BCUT2D eigenvalue weighted by molar-refractivity contribution is 7.20. The Morgan fingerprint density at radius 1 is 1.35 bits per heavy atom. The molecule has 0 bridgehead atoms. The molecule has 0 aliphatic rings. The van der Waals surface area contributed by atoms with Gasteiger partial charge < -0.3 is 0 Å². The lowest BCUT2D eigenvalue weighted by Crippen LogP contribution is -1.95. The summed E-state index contributed by atoms with van der Waals surface area (Å²) in [4.78, 5) is 15.3. The van der Waals surface area contributed by atoms with Crippen molar-refractivity contribution in [2.45, 2.75) is 0 Å². The maximum absolute atomic E-state index is 10.9. The van der Waals surface area contributed by atoms with Crippen molar-refractivity contribution in [1.82, 2.24) is 9.55 Å². The summed E-state index contributed by atoms with van der Waals surface area (Å²) in [6.07, 6.45) is 2.64. The molecule has 0 unspecified atom stereocenters. The van der Waals surface area contributed by atoms with E-state index >= 15 is 0 Å². The summed E-state index contributed by atoms with van der Waals surface area (Å²) in [6, 6.07) is 9.14. The van der Waals surface area contributed by atoms with Crippen molar-refractivity contribution in [3.8, 4) is 5.13 Å². The van der Waals surface area contributed by atoms with E-state index in [-0.39, 0.29) is 0 Å². The molecule has 3 aromatic rings. The SMILES string of the molecule is O=Cc1cccn1-c1nc2ccc(Cl)cc2s1. The second-order valence-electron chi connectivity index (χ2n) is 3.53. The zero-order valence-electron chi connectivity index (χ0n) is 8.63. The molecule has 0 fully saturated rings. The summed E-state index contributed by atoms with van der Waals surface area (Å²) < 4.78 is 2.78. The number of aromatic nitrogens is 2. The van der Waals surface area contributed by atoms with E-state index in [0.717, 1.165) is 21.6 Å². The molecule has 1 aromatic carbocycles. The Bertz CT molecular complexity index is 701. The first-order valence-corrected chi connectivity index (χ1v) is 6.16. The quantitative estimate of drug-likeness (QED) is 0.662. The van der Waals surface area contributed by atoms with Gasteiger partial charge in [0.05, 0.1) is 15.9 Å². The van der Waals surface area contributed by atoms with Gasteiger partial charge in [0.15, 0.2) is 11.4 Å². The topological polar surface area (TPSA) is 34.9 Å². The average Bonchev–Trinajstić information content (AvgIpc) is 2.93. The van der Waals surface area contributed by atoms with E-state index in [0.29, 0.717) is 10.7 Å². The number of fused-ring (bicyclic) bond motifs is 1. The Labute approximate surface area is 106 Å². The lowest BCUT2D eigenvalue weighted by Gasteiger charge is -1.97. The van der Waals surface area contributed by atoms with Crippen LogP contribution >= 0.6 is 22.9 Å². The summed E-state index contributed by atoms with van der Waals surface area (Å²) in [6.45, 7) is 0. The van der Waals surface area contributed by atoms with E-state index in [1.807, 2.05) is 30.5 Å². The molecule has 17 heavy (non-hydrogen) atoms. The summed E-state index contributed by atoms with van der Waals surface area (Å²) in [5, 5.41) is 1.46. The standard InChI is InChI=1S/C12H7ClN2OS/c13-8-3-4-10-11(6-8)17-12(14-10)15-5-1-2-9(15)7-16/h1-7H. The van der Waals surface area contributed by atoms with Crippen LogP contribution in [0.5, 0.6) is 0 Å². The molecule has 0 aliphatic carbocycles. The minimum atomic E-state index is 0.593. The molecule has 0 N–H and O–H groups in total. The van der Waals surface area contributed by atoms with Gasteiger partial charge in [-0.2, -0.15) is 0 Å². The minimum Gasteiger partial charge on any atom is -0.296 e. The number of thiazole rings is 1. The minimum absolute atomic E-state index is 0.593. The fraction of sp³-hybridized carbons (Fsp3) is 0. The number of halogens is 1. The van der Waals surface area contributed by atoms with Crippen LogP contribution in [0.1, 0.15) is 10.5 Å². The van der Waals surface area contributed by atoms with Gasteiger partial charge in [-0.25, -0.2) is 4.98 Å². The normalized spacial score (nSPS) is 10.9. The predicted octanol–water partition coefficient (Wildman–Crippen LogP) is 3.55. The van der Waals surface area contributed by atoms with Gasteiger partial charge >= 0.3 is 0 Å². The Morgan fingerprint density at radius 3 is 3.06 bits per heavy atom. The Balaban J connectivity index is 2.21. The summed E-state index contributed by atoms with van der Waals surface area (Å²) >= 11 is 7.43. The molecule has 2 aromatic heterocycles. The van der Waals surface area contributed by atoms with Gasteiger partial charge in [-0.15, -0.1) is 0 Å². The molecule has 0 saturated carbocycles. The second kappa shape index (κ2) is 3.98.